The second-order valence-electron chi connectivity index (χ2n) is 9.34. The lowest BCUT2D eigenvalue weighted by Gasteiger charge is -2.26. The van der Waals surface area contributed by atoms with Crippen LogP contribution in [0.5, 0.6) is 5.75 Å². The number of fused-ring (bicyclic) bond motifs is 1. The first-order valence-electron chi connectivity index (χ1n) is 12.6. The van der Waals surface area contributed by atoms with E-state index in [-0.39, 0.29) is 0 Å². The van der Waals surface area contributed by atoms with E-state index in [1.807, 2.05) is 53.3 Å². The summed E-state index contributed by atoms with van der Waals surface area (Å²) in [5, 5.41) is 5.77. The number of hydrogen-bond acceptors (Lipinski definition) is 3. The van der Waals surface area contributed by atoms with Crippen molar-refractivity contribution in [1.82, 2.24) is 19.7 Å². The second-order valence-corrected chi connectivity index (χ2v) is 9.34. The van der Waals surface area contributed by atoms with Crippen molar-refractivity contribution in [2.24, 2.45) is 0 Å². The van der Waals surface area contributed by atoms with Gasteiger partial charge < -0.3 is 9.72 Å². The average Bonchev–Trinajstić information content (AvgIpc) is 3.59. The summed E-state index contributed by atoms with van der Waals surface area (Å²) in [5.41, 5.74) is 7.40. The molecule has 180 valence electrons. The van der Waals surface area contributed by atoms with Crippen molar-refractivity contribution in [2.45, 2.75) is 19.4 Å². The Morgan fingerprint density at radius 1 is 0.917 bits per heavy atom. The highest BCUT2D eigenvalue weighted by Gasteiger charge is 2.16. The maximum absolute atomic E-state index is 6.08. The Hall–Kier alpha value is -4.09. The molecule has 0 fully saturated rings. The van der Waals surface area contributed by atoms with Gasteiger partial charge in [-0.05, 0) is 59.9 Å². The zero-order valence-electron chi connectivity index (χ0n) is 20.3. The minimum atomic E-state index is 0.577. The SMILES string of the molecule is C1=C(c2c[nH]c3ccc(OCc4ccccc4)cc23)CCN(CCc2cnn(-c3ccccc3)c2)C1. The molecule has 3 aromatic carbocycles. The highest BCUT2D eigenvalue weighted by molar-refractivity contribution is 5.93. The number of ether oxygens (including phenoxy) is 1. The molecule has 2 aromatic heterocycles. The molecule has 0 saturated heterocycles. The van der Waals surface area contributed by atoms with Crippen LogP contribution < -0.4 is 4.74 Å². The summed E-state index contributed by atoms with van der Waals surface area (Å²) in [5.74, 6) is 0.904. The molecular formula is C31H30N4O. The monoisotopic (exact) mass is 474 g/mol. The molecule has 5 aromatic rings. The van der Waals surface area contributed by atoms with E-state index in [1.54, 1.807) is 0 Å². The Labute approximate surface area is 211 Å². The quantitative estimate of drug-likeness (QED) is 0.289. The highest BCUT2D eigenvalue weighted by Crippen LogP contribution is 2.32. The Kier molecular flexibility index (Phi) is 6.38. The Bertz CT molecular complexity index is 1470. The van der Waals surface area contributed by atoms with Gasteiger partial charge in [0, 0.05) is 48.5 Å². The van der Waals surface area contributed by atoms with Crippen molar-refractivity contribution in [3.8, 4) is 11.4 Å². The van der Waals surface area contributed by atoms with Crippen LogP contribution in [0.1, 0.15) is 23.1 Å². The molecule has 1 N–H and O–H groups in total. The number of nitrogens with one attached hydrogen (secondary N) is 1. The summed E-state index contributed by atoms with van der Waals surface area (Å²) in [6, 6.07) is 26.9. The van der Waals surface area contributed by atoms with Crippen molar-refractivity contribution >= 4 is 16.5 Å². The van der Waals surface area contributed by atoms with Crippen molar-refractivity contribution in [3.05, 3.63) is 120 Å². The van der Waals surface area contributed by atoms with Gasteiger partial charge in [0.1, 0.15) is 12.4 Å². The van der Waals surface area contributed by atoms with Gasteiger partial charge in [-0.2, -0.15) is 5.10 Å². The van der Waals surface area contributed by atoms with Gasteiger partial charge in [0.05, 0.1) is 11.9 Å². The summed E-state index contributed by atoms with van der Waals surface area (Å²) in [6.07, 6.45) is 10.7. The maximum Gasteiger partial charge on any atom is 0.120 e. The number of hydrogen-bond donors (Lipinski definition) is 1. The molecule has 0 saturated carbocycles. The van der Waals surface area contributed by atoms with Gasteiger partial charge in [-0.25, -0.2) is 4.68 Å². The summed E-state index contributed by atoms with van der Waals surface area (Å²) in [7, 11) is 0. The lowest BCUT2D eigenvalue weighted by atomic mass is 9.98. The van der Waals surface area contributed by atoms with Gasteiger partial charge in [-0.3, -0.25) is 4.90 Å². The van der Waals surface area contributed by atoms with Gasteiger partial charge in [0.25, 0.3) is 0 Å². The first-order valence-corrected chi connectivity index (χ1v) is 12.6. The van der Waals surface area contributed by atoms with Crippen LogP contribution in [0.2, 0.25) is 0 Å². The Morgan fingerprint density at radius 3 is 2.56 bits per heavy atom. The van der Waals surface area contributed by atoms with E-state index in [4.69, 9.17) is 4.74 Å². The number of para-hydroxylation sites is 1. The topological polar surface area (TPSA) is 46.1 Å². The molecule has 36 heavy (non-hydrogen) atoms. The third-order valence-corrected chi connectivity index (χ3v) is 6.91. The molecule has 3 heterocycles. The predicted molar refractivity (Wildman–Crippen MR) is 145 cm³/mol. The molecule has 0 amide bonds. The standard InChI is InChI=1S/C31H30N4O/c1-3-7-24(8-4-1)23-36-28-11-12-31-29(19-28)30(21-32-31)26-14-17-34(18-15-26)16-13-25-20-33-35(22-25)27-9-5-2-6-10-27/h1-12,14,19-22,32H,13,15-18,23H2. The molecule has 1 aliphatic heterocycles. The summed E-state index contributed by atoms with van der Waals surface area (Å²) in [4.78, 5) is 5.96. The molecule has 0 atom stereocenters. The summed E-state index contributed by atoms with van der Waals surface area (Å²) >= 11 is 0. The van der Waals surface area contributed by atoms with E-state index in [0.717, 1.165) is 49.4 Å². The van der Waals surface area contributed by atoms with Crippen LogP contribution in [0, 0.1) is 0 Å². The van der Waals surface area contributed by atoms with Crippen molar-refractivity contribution in [2.75, 3.05) is 19.6 Å². The normalized spacial score (nSPS) is 14.2. The molecule has 0 radical (unpaired) electrons. The molecule has 0 aliphatic carbocycles. The van der Waals surface area contributed by atoms with Gasteiger partial charge >= 0.3 is 0 Å². The van der Waals surface area contributed by atoms with E-state index in [0.29, 0.717) is 6.61 Å². The lowest BCUT2D eigenvalue weighted by Crippen LogP contribution is -2.30. The van der Waals surface area contributed by atoms with Gasteiger partial charge in [-0.1, -0.05) is 54.6 Å². The maximum atomic E-state index is 6.08. The predicted octanol–water partition coefficient (Wildman–Crippen LogP) is 6.26. The molecular weight excluding hydrogens is 444 g/mol. The number of H-pyrrole nitrogens is 1. The molecule has 5 heteroatoms. The van der Waals surface area contributed by atoms with Crippen molar-refractivity contribution in [3.63, 3.8) is 0 Å². The highest BCUT2D eigenvalue weighted by atomic mass is 16.5. The molecule has 0 unspecified atom stereocenters. The average molecular weight is 475 g/mol. The van der Waals surface area contributed by atoms with Gasteiger partial charge in [-0.15, -0.1) is 0 Å². The number of rotatable bonds is 8. The van der Waals surface area contributed by atoms with Crippen LogP contribution in [-0.2, 0) is 13.0 Å². The third kappa shape index (κ3) is 4.97. The number of benzene rings is 3. The minimum Gasteiger partial charge on any atom is -0.489 e. The number of nitrogens with zero attached hydrogens (tertiary/aromatic N) is 3. The van der Waals surface area contributed by atoms with Crippen LogP contribution in [0.15, 0.2) is 104 Å². The third-order valence-electron chi connectivity index (χ3n) is 6.91. The van der Waals surface area contributed by atoms with Gasteiger partial charge in [0.15, 0.2) is 0 Å². The van der Waals surface area contributed by atoms with Crippen molar-refractivity contribution < 1.29 is 4.74 Å². The molecule has 1 aliphatic rings. The van der Waals surface area contributed by atoms with Crippen LogP contribution in [0.3, 0.4) is 0 Å². The smallest absolute Gasteiger partial charge is 0.120 e. The Morgan fingerprint density at radius 2 is 1.75 bits per heavy atom. The zero-order valence-corrected chi connectivity index (χ0v) is 20.3. The summed E-state index contributed by atoms with van der Waals surface area (Å²) < 4.78 is 8.04. The fraction of sp³-hybridized carbons (Fsp3) is 0.194. The van der Waals surface area contributed by atoms with Crippen LogP contribution >= 0.6 is 0 Å². The van der Waals surface area contributed by atoms with Crippen LogP contribution in [0.4, 0.5) is 0 Å². The first kappa shape index (κ1) is 22.4. The van der Waals surface area contributed by atoms with E-state index in [1.165, 1.54) is 27.6 Å². The van der Waals surface area contributed by atoms with Gasteiger partial charge in [0.2, 0.25) is 0 Å². The molecule has 0 bridgehead atoms. The fourth-order valence-electron chi connectivity index (χ4n) is 4.85. The van der Waals surface area contributed by atoms with Crippen molar-refractivity contribution in [1.29, 1.82) is 0 Å². The zero-order chi connectivity index (χ0) is 24.2. The lowest BCUT2D eigenvalue weighted by molar-refractivity contribution is 0.305. The van der Waals surface area contributed by atoms with E-state index in [2.05, 4.69) is 69.9 Å². The minimum absolute atomic E-state index is 0.577. The Balaban J connectivity index is 1.08. The largest absolute Gasteiger partial charge is 0.489 e. The van der Waals surface area contributed by atoms with Crippen LogP contribution in [0.25, 0.3) is 22.2 Å². The fourth-order valence-corrected chi connectivity index (χ4v) is 4.85. The van der Waals surface area contributed by atoms with E-state index in [9.17, 15) is 0 Å². The van der Waals surface area contributed by atoms with E-state index < -0.39 is 0 Å². The molecule has 5 nitrogen and oxygen atoms in total. The molecule has 6 rings (SSSR count). The molecule has 0 spiro atoms. The first-order chi connectivity index (χ1) is 17.8. The van der Waals surface area contributed by atoms with E-state index >= 15 is 0 Å². The van der Waals surface area contributed by atoms with Crippen LogP contribution in [-0.4, -0.2) is 39.3 Å². The summed E-state index contributed by atoms with van der Waals surface area (Å²) in [6.45, 7) is 3.65. The number of aromatic nitrogens is 3. The second kappa shape index (κ2) is 10.3. The number of aromatic amines is 1.